The van der Waals surface area contributed by atoms with Crippen LogP contribution in [0.2, 0.25) is 0 Å². The molecule has 4 heterocycles. The van der Waals surface area contributed by atoms with Crippen LogP contribution in [0.3, 0.4) is 0 Å². The Hall–Kier alpha value is -4.02. The van der Waals surface area contributed by atoms with Crippen LogP contribution in [0.25, 0.3) is 23.0 Å². The monoisotopic (exact) mass is 366 g/mol. The zero-order valence-corrected chi connectivity index (χ0v) is 14.4. The number of hydrogen-bond acceptors (Lipinski definition) is 9. The zero-order chi connectivity index (χ0) is 19.0. The lowest BCUT2D eigenvalue weighted by Crippen LogP contribution is -2.12. The lowest BCUT2D eigenvalue weighted by Gasteiger charge is -2.00. The summed E-state index contributed by atoms with van der Waals surface area (Å²) in [5.41, 5.74) is 7.13. The Kier molecular flexibility index (Phi) is 3.88. The highest BCUT2D eigenvalue weighted by Gasteiger charge is 2.20. The minimum Gasteiger partial charge on any atom is -0.444 e. The molecule has 11 nitrogen and oxygen atoms in total. The Morgan fingerprint density at radius 3 is 2.89 bits per heavy atom. The fourth-order valence-electron chi connectivity index (χ4n) is 2.41. The van der Waals surface area contributed by atoms with Gasteiger partial charge in [0.05, 0.1) is 5.69 Å². The summed E-state index contributed by atoms with van der Waals surface area (Å²) in [6.45, 7) is 1.69. The molecule has 0 atom stereocenters. The average molecular weight is 366 g/mol. The molecule has 0 aliphatic carbocycles. The number of nitrogen functional groups attached to an aromatic ring is 1. The number of oxazole rings is 1. The van der Waals surface area contributed by atoms with E-state index in [1.807, 2.05) is 0 Å². The first-order valence-corrected chi connectivity index (χ1v) is 7.82. The van der Waals surface area contributed by atoms with Gasteiger partial charge in [-0.05, 0) is 19.1 Å². The van der Waals surface area contributed by atoms with Gasteiger partial charge >= 0.3 is 0 Å². The minimum absolute atomic E-state index is 0.0943. The molecule has 0 bridgehead atoms. The van der Waals surface area contributed by atoms with Crippen molar-refractivity contribution in [1.82, 2.24) is 29.9 Å². The number of carbonyl (C=O) groups excluding carboxylic acids is 1. The van der Waals surface area contributed by atoms with E-state index in [9.17, 15) is 4.79 Å². The number of amides is 1. The molecule has 0 aliphatic rings. The van der Waals surface area contributed by atoms with Gasteiger partial charge in [-0.25, -0.2) is 9.97 Å². The standard InChI is InChI=1S/C16H14N8O3/c1-8-19-16(27-23-8)13-10(6-24(2)22-13)20-14(25)11-7-26-15(21-11)9-3-4-18-12(17)5-9/h3-7H,1-2H3,(H2,17,18)(H,20,25). The molecule has 4 aromatic rings. The van der Waals surface area contributed by atoms with Crippen LogP contribution in [-0.4, -0.2) is 35.8 Å². The molecule has 0 saturated heterocycles. The van der Waals surface area contributed by atoms with Crippen LogP contribution in [0.1, 0.15) is 16.3 Å². The number of hydrogen-bond donors (Lipinski definition) is 2. The molecular weight excluding hydrogens is 352 g/mol. The van der Waals surface area contributed by atoms with Gasteiger partial charge < -0.3 is 20.0 Å². The fourth-order valence-corrected chi connectivity index (χ4v) is 2.41. The average Bonchev–Trinajstić information content (AvgIpc) is 3.35. The Morgan fingerprint density at radius 2 is 2.15 bits per heavy atom. The fraction of sp³-hybridized carbons (Fsp3) is 0.125. The first kappa shape index (κ1) is 16.4. The minimum atomic E-state index is -0.475. The quantitative estimate of drug-likeness (QED) is 0.549. The number of rotatable bonds is 4. The van der Waals surface area contributed by atoms with E-state index in [1.165, 1.54) is 17.1 Å². The molecule has 0 aromatic carbocycles. The number of anilines is 2. The molecule has 0 radical (unpaired) electrons. The van der Waals surface area contributed by atoms with Crippen molar-refractivity contribution in [1.29, 1.82) is 0 Å². The summed E-state index contributed by atoms with van der Waals surface area (Å²) in [6.07, 6.45) is 4.41. The second-order valence-electron chi connectivity index (χ2n) is 5.67. The number of aryl methyl sites for hydroxylation is 2. The number of nitrogens with two attached hydrogens (primary N) is 1. The Bertz CT molecular complexity index is 1130. The van der Waals surface area contributed by atoms with E-state index >= 15 is 0 Å². The van der Waals surface area contributed by atoms with Gasteiger partial charge in [0.1, 0.15) is 12.1 Å². The van der Waals surface area contributed by atoms with E-state index in [0.29, 0.717) is 28.6 Å². The summed E-state index contributed by atoms with van der Waals surface area (Å²) >= 11 is 0. The highest BCUT2D eigenvalue weighted by Crippen LogP contribution is 2.26. The van der Waals surface area contributed by atoms with Gasteiger partial charge in [0.15, 0.2) is 17.2 Å². The van der Waals surface area contributed by atoms with Gasteiger partial charge in [-0.2, -0.15) is 10.1 Å². The van der Waals surface area contributed by atoms with Crippen molar-refractivity contribution in [3.8, 4) is 23.0 Å². The third kappa shape index (κ3) is 3.25. The van der Waals surface area contributed by atoms with Crippen LogP contribution in [0.5, 0.6) is 0 Å². The van der Waals surface area contributed by atoms with E-state index in [4.69, 9.17) is 14.7 Å². The molecular formula is C16H14N8O3. The predicted molar refractivity (Wildman–Crippen MR) is 93.3 cm³/mol. The van der Waals surface area contributed by atoms with Crippen LogP contribution in [0.15, 0.2) is 39.7 Å². The molecule has 1 amide bonds. The Labute approximate surface area is 152 Å². The smallest absolute Gasteiger partial charge is 0.280 e. The van der Waals surface area contributed by atoms with Crippen LogP contribution >= 0.6 is 0 Å². The van der Waals surface area contributed by atoms with Crippen molar-refractivity contribution in [2.75, 3.05) is 11.1 Å². The third-order valence-electron chi connectivity index (χ3n) is 3.57. The van der Waals surface area contributed by atoms with E-state index < -0.39 is 5.91 Å². The lowest BCUT2D eigenvalue weighted by atomic mass is 10.2. The van der Waals surface area contributed by atoms with E-state index in [-0.39, 0.29) is 17.5 Å². The lowest BCUT2D eigenvalue weighted by molar-refractivity contribution is 0.102. The van der Waals surface area contributed by atoms with Crippen molar-refractivity contribution in [2.24, 2.45) is 7.05 Å². The summed E-state index contributed by atoms with van der Waals surface area (Å²) in [5.74, 6) is 0.777. The molecule has 0 spiro atoms. The van der Waals surface area contributed by atoms with Crippen LogP contribution in [0.4, 0.5) is 11.5 Å². The number of aromatic nitrogens is 6. The van der Waals surface area contributed by atoms with E-state index in [2.05, 4.69) is 30.5 Å². The van der Waals surface area contributed by atoms with Crippen molar-refractivity contribution in [3.05, 3.63) is 42.3 Å². The molecule has 27 heavy (non-hydrogen) atoms. The number of nitrogens with zero attached hydrogens (tertiary/aromatic N) is 6. The van der Waals surface area contributed by atoms with Gasteiger partial charge in [-0.1, -0.05) is 5.16 Å². The normalized spacial score (nSPS) is 10.9. The number of pyridine rings is 1. The van der Waals surface area contributed by atoms with Gasteiger partial charge in [-0.3, -0.25) is 9.48 Å². The molecule has 4 rings (SSSR count). The van der Waals surface area contributed by atoms with Gasteiger partial charge in [0.25, 0.3) is 11.8 Å². The highest BCUT2D eigenvalue weighted by atomic mass is 16.5. The first-order valence-electron chi connectivity index (χ1n) is 7.82. The van der Waals surface area contributed by atoms with E-state index in [0.717, 1.165) is 0 Å². The zero-order valence-electron chi connectivity index (χ0n) is 14.4. The summed E-state index contributed by atoms with van der Waals surface area (Å²) < 4.78 is 12.0. The van der Waals surface area contributed by atoms with Gasteiger partial charge in [0, 0.05) is 25.0 Å². The van der Waals surface area contributed by atoms with Crippen molar-refractivity contribution >= 4 is 17.4 Å². The Morgan fingerprint density at radius 1 is 1.30 bits per heavy atom. The molecule has 0 saturated carbocycles. The SMILES string of the molecule is Cc1noc(-c2nn(C)cc2NC(=O)c2coc(-c3ccnc(N)c3)n2)n1. The van der Waals surface area contributed by atoms with Crippen LogP contribution < -0.4 is 11.1 Å². The molecule has 0 fully saturated rings. The topological polar surface area (TPSA) is 151 Å². The van der Waals surface area contributed by atoms with Crippen molar-refractivity contribution in [3.63, 3.8) is 0 Å². The maximum absolute atomic E-state index is 12.5. The number of carbonyl (C=O) groups is 1. The molecule has 0 aliphatic heterocycles. The third-order valence-corrected chi connectivity index (χ3v) is 3.57. The van der Waals surface area contributed by atoms with Gasteiger partial charge in [0.2, 0.25) is 5.89 Å². The predicted octanol–water partition coefficient (Wildman–Crippen LogP) is 1.66. The first-order chi connectivity index (χ1) is 13.0. The highest BCUT2D eigenvalue weighted by molar-refractivity contribution is 6.04. The van der Waals surface area contributed by atoms with Gasteiger partial charge in [-0.15, -0.1) is 0 Å². The van der Waals surface area contributed by atoms with Crippen molar-refractivity contribution < 1.29 is 13.7 Å². The van der Waals surface area contributed by atoms with E-state index in [1.54, 1.807) is 32.3 Å². The summed E-state index contributed by atoms with van der Waals surface area (Å²) in [7, 11) is 1.71. The van der Waals surface area contributed by atoms with Crippen LogP contribution in [-0.2, 0) is 7.05 Å². The summed E-state index contributed by atoms with van der Waals surface area (Å²) in [4.78, 5) is 24.8. The summed E-state index contributed by atoms with van der Waals surface area (Å²) in [5, 5.41) is 10.7. The maximum Gasteiger partial charge on any atom is 0.280 e. The molecule has 3 N–H and O–H groups in total. The largest absolute Gasteiger partial charge is 0.444 e. The molecule has 11 heteroatoms. The molecule has 0 unspecified atom stereocenters. The molecule has 136 valence electrons. The second-order valence-corrected chi connectivity index (χ2v) is 5.67. The summed E-state index contributed by atoms with van der Waals surface area (Å²) in [6, 6.07) is 3.28. The van der Waals surface area contributed by atoms with Crippen molar-refractivity contribution in [2.45, 2.75) is 6.92 Å². The Balaban J connectivity index is 1.59. The second kappa shape index (κ2) is 6.37. The maximum atomic E-state index is 12.5. The molecule has 4 aromatic heterocycles. The number of nitrogens with one attached hydrogen (secondary N) is 1. The van der Waals surface area contributed by atoms with Crippen LogP contribution in [0, 0.1) is 6.92 Å².